The number of halogens is 1. The summed E-state index contributed by atoms with van der Waals surface area (Å²) in [5.41, 5.74) is 5.71. The minimum Gasteiger partial charge on any atom is -0.377 e. The topological polar surface area (TPSA) is 29.9 Å². The van der Waals surface area contributed by atoms with E-state index in [0.717, 1.165) is 28.5 Å². The molecular formula is C16H22ClN3. The molecule has 1 atom stereocenters. The minimum atomic E-state index is 0.175. The van der Waals surface area contributed by atoms with Crippen LogP contribution >= 0.6 is 11.6 Å². The van der Waals surface area contributed by atoms with Gasteiger partial charge < -0.3 is 5.32 Å². The quantitative estimate of drug-likeness (QED) is 0.888. The lowest BCUT2D eigenvalue weighted by molar-refractivity contribution is 0.632. The van der Waals surface area contributed by atoms with E-state index >= 15 is 0 Å². The molecule has 2 aromatic rings. The SMILES string of the molecule is CCn1nc(C)c(C(C)Nc2c(C)cccc2Cl)c1C. The first-order valence-corrected chi connectivity index (χ1v) is 7.39. The van der Waals surface area contributed by atoms with E-state index in [-0.39, 0.29) is 6.04 Å². The first kappa shape index (κ1) is 14.9. The van der Waals surface area contributed by atoms with Crippen molar-refractivity contribution in [2.75, 3.05) is 5.32 Å². The van der Waals surface area contributed by atoms with Crippen LogP contribution in [0.5, 0.6) is 0 Å². The van der Waals surface area contributed by atoms with Crippen LogP contribution in [0, 0.1) is 20.8 Å². The van der Waals surface area contributed by atoms with Crippen LogP contribution in [0.25, 0.3) is 0 Å². The average Bonchev–Trinajstić information content (AvgIpc) is 2.68. The van der Waals surface area contributed by atoms with Gasteiger partial charge in [-0.25, -0.2) is 0 Å². The Morgan fingerprint density at radius 3 is 2.55 bits per heavy atom. The highest BCUT2D eigenvalue weighted by atomic mass is 35.5. The van der Waals surface area contributed by atoms with Gasteiger partial charge in [-0.05, 0) is 46.2 Å². The molecule has 1 heterocycles. The van der Waals surface area contributed by atoms with Gasteiger partial charge in [0.1, 0.15) is 0 Å². The summed E-state index contributed by atoms with van der Waals surface area (Å²) in [7, 11) is 0. The molecule has 0 aliphatic carbocycles. The number of anilines is 1. The van der Waals surface area contributed by atoms with Gasteiger partial charge in [0.2, 0.25) is 0 Å². The molecule has 1 aromatic carbocycles. The fourth-order valence-electron chi connectivity index (χ4n) is 2.75. The average molecular weight is 292 g/mol. The van der Waals surface area contributed by atoms with Gasteiger partial charge in [0, 0.05) is 17.8 Å². The van der Waals surface area contributed by atoms with Crippen LogP contribution < -0.4 is 5.32 Å². The maximum atomic E-state index is 6.29. The predicted molar refractivity (Wildman–Crippen MR) is 85.6 cm³/mol. The molecule has 1 N–H and O–H groups in total. The highest BCUT2D eigenvalue weighted by Crippen LogP contribution is 2.31. The molecule has 0 bridgehead atoms. The van der Waals surface area contributed by atoms with Crippen molar-refractivity contribution in [3.8, 4) is 0 Å². The van der Waals surface area contributed by atoms with Crippen LogP contribution in [0.3, 0.4) is 0 Å². The zero-order chi connectivity index (χ0) is 14.9. The summed E-state index contributed by atoms with van der Waals surface area (Å²) in [6, 6.07) is 6.13. The van der Waals surface area contributed by atoms with E-state index in [0.29, 0.717) is 0 Å². The molecule has 0 spiro atoms. The summed E-state index contributed by atoms with van der Waals surface area (Å²) in [4.78, 5) is 0. The van der Waals surface area contributed by atoms with Gasteiger partial charge >= 0.3 is 0 Å². The zero-order valence-electron chi connectivity index (χ0n) is 12.8. The summed E-state index contributed by atoms with van der Waals surface area (Å²) in [5.74, 6) is 0. The van der Waals surface area contributed by atoms with Crippen LogP contribution in [0.15, 0.2) is 18.2 Å². The van der Waals surface area contributed by atoms with Crippen molar-refractivity contribution in [1.82, 2.24) is 9.78 Å². The van der Waals surface area contributed by atoms with E-state index in [2.05, 4.69) is 51.1 Å². The Bertz CT molecular complexity index is 596. The van der Waals surface area contributed by atoms with Crippen molar-refractivity contribution in [3.63, 3.8) is 0 Å². The van der Waals surface area contributed by atoms with Crippen LogP contribution in [0.4, 0.5) is 5.69 Å². The Morgan fingerprint density at radius 1 is 1.30 bits per heavy atom. The van der Waals surface area contributed by atoms with Gasteiger partial charge in [-0.3, -0.25) is 4.68 Å². The molecule has 20 heavy (non-hydrogen) atoms. The molecule has 0 amide bonds. The molecule has 0 radical (unpaired) electrons. The Hall–Kier alpha value is -1.48. The van der Waals surface area contributed by atoms with Crippen molar-refractivity contribution >= 4 is 17.3 Å². The highest BCUT2D eigenvalue weighted by molar-refractivity contribution is 6.33. The van der Waals surface area contributed by atoms with Crippen LogP contribution in [-0.2, 0) is 6.54 Å². The number of nitrogens with one attached hydrogen (secondary N) is 1. The number of para-hydroxylation sites is 1. The minimum absolute atomic E-state index is 0.175. The number of hydrogen-bond donors (Lipinski definition) is 1. The van der Waals surface area contributed by atoms with E-state index in [1.165, 1.54) is 11.3 Å². The summed E-state index contributed by atoms with van der Waals surface area (Å²) in [6.07, 6.45) is 0. The highest BCUT2D eigenvalue weighted by Gasteiger charge is 2.18. The second kappa shape index (κ2) is 5.88. The fourth-order valence-corrected chi connectivity index (χ4v) is 3.03. The summed E-state index contributed by atoms with van der Waals surface area (Å²) in [6.45, 7) is 11.4. The third kappa shape index (κ3) is 2.68. The number of nitrogens with zero attached hydrogens (tertiary/aromatic N) is 2. The second-order valence-electron chi connectivity index (χ2n) is 5.20. The first-order valence-electron chi connectivity index (χ1n) is 7.01. The Balaban J connectivity index is 2.33. The van der Waals surface area contributed by atoms with Crippen molar-refractivity contribution < 1.29 is 0 Å². The molecule has 3 nitrogen and oxygen atoms in total. The molecule has 0 aliphatic heterocycles. The molecule has 108 valence electrons. The van der Waals surface area contributed by atoms with Gasteiger partial charge in [0.25, 0.3) is 0 Å². The van der Waals surface area contributed by atoms with E-state index in [1.54, 1.807) is 0 Å². The zero-order valence-corrected chi connectivity index (χ0v) is 13.5. The molecule has 1 unspecified atom stereocenters. The molecule has 4 heteroatoms. The molecule has 0 fully saturated rings. The first-order chi connectivity index (χ1) is 9.45. The third-order valence-electron chi connectivity index (χ3n) is 3.75. The lowest BCUT2D eigenvalue weighted by Gasteiger charge is -2.19. The Morgan fingerprint density at radius 2 is 2.00 bits per heavy atom. The third-order valence-corrected chi connectivity index (χ3v) is 4.07. The van der Waals surface area contributed by atoms with Crippen molar-refractivity contribution in [2.24, 2.45) is 0 Å². The lowest BCUT2D eigenvalue weighted by Crippen LogP contribution is -2.10. The van der Waals surface area contributed by atoms with Crippen LogP contribution in [-0.4, -0.2) is 9.78 Å². The molecule has 1 aromatic heterocycles. The molecule has 0 saturated heterocycles. The normalized spacial score (nSPS) is 12.5. The predicted octanol–water partition coefficient (Wildman–Crippen LogP) is 4.65. The lowest BCUT2D eigenvalue weighted by atomic mass is 10.1. The number of rotatable bonds is 4. The summed E-state index contributed by atoms with van der Waals surface area (Å²) >= 11 is 6.29. The fraction of sp³-hybridized carbons (Fsp3) is 0.438. The maximum absolute atomic E-state index is 6.29. The standard InChI is InChI=1S/C16H22ClN3/c1-6-20-13(5)15(12(4)19-20)11(3)18-16-10(2)8-7-9-14(16)17/h7-9,11,18H,6H2,1-5H3. The van der Waals surface area contributed by atoms with Gasteiger partial charge in [-0.2, -0.15) is 5.10 Å². The van der Waals surface area contributed by atoms with E-state index in [9.17, 15) is 0 Å². The van der Waals surface area contributed by atoms with Crippen LogP contribution in [0.2, 0.25) is 5.02 Å². The van der Waals surface area contributed by atoms with Gasteiger partial charge in [0.15, 0.2) is 0 Å². The second-order valence-corrected chi connectivity index (χ2v) is 5.61. The number of hydrogen-bond acceptors (Lipinski definition) is 2. The van der Waals surface area contributed by atoms with E-state index in [1.807, 2.05) is 16.8 Å². The molecule has 0 aliphatic rings. The molecular weight excluding hydrogens is 270 g/mol. The Labute approximate surface area is 126 Å². The van der Waals surface area contributed by atoms with E-state index < -0.39 is 0 Å². The summed E-state index contributed by atoms with van der Waals surface area (Å²) in [5, 5.41) is 8.87. The Kier molecular flexibility index (Phi) is 4.39. The smallest absolute Gasteiger partial charge is 0.0649 e. The van der Waals surface area contributed by atoms with Gasteiger partial charge in [0.05, 0.1) is 22.4 Å². The van der Waals surface area contributed by atoms with Crippen molar-refractivity contribution in [1.29, 1.82) is 0 Å². The van der Waals surface area contributed by atoms with Crippen LogP contribution in [0.1, 0.15) is 42.4 Å². The molecule has 0 saturated carbocycles. The van der Waals surface area contributed by atoms with E-state index in [4.69, 9.17) is 11.6 Å². The number of aryl methyl sites for hydroxylation is 3. The summed E-state index contributed by atoms with van der Waals surface area (Å²) < 4.78 is 2.04. The maximum Gasteiger partial charge on any atom is 0.0649 e. The van der Waals surface area contributed by atoms with Gasteiger partial charge in [-0.15, -0.1) is 0 Å². The number of aromatic nitrogens is 2. The largest absolute Gasteiger partial charge is 0.377 e. The van der Waals surface area contributed by atoms with Crippen molar-refractivity contribution in [2.45, 2.75) is 47.2 Å². The number of benzene rings is 1. The van der Waals surface area contributed by atoms with Gasteiger partial charge in [-0.1, -0.05) is 23.7 Å². The van der Waals surface area contributed by atoms with Crippen molar-refractivity contribution in [3.05, 3.63) is 45.7 Å². The monoisotopic (exact) mass is 291 g/mol. The molecule has 2 rings (SSSR count).